The molecule has 1 spiro atoms. The molecule has 6 nitrogen and oxygen atoms in total. The van der Waals surface area contributed by atoms with Gasteiger partial charge in [0.25, 0.3) is 0 Å². The minimum Gasteiger partial charge on any atom is -0.462 e. The highest BCUT2D eigenvalue weighted by molar-refractivity contribution is 6.02. The molecule has 0 bridgehead atoms. The highest BCUT2D eigenvalue weighted by atomic mass is 16.6. The molecule has 0 heterocycles. The lowest BCUT2D eigenvalue weighted by molar-refractivity contribution is -0.230. The lowest BCUT2D eigenvalue weighted by Gasteiger charge is -2.72. The van der Waals surface area contributed by atoms with Gasteiger partial charge in [0.1, 0.15) is 6.61 Å². The number of carbonyl (C=O) groups is 3. The Balaban J connectivity index is 1.04. The molecule has 8 rings (SSSR count). The molecular weight excluding hydrogens is 721 g/mol. The number of carbonyl (C=O) groups excluding carboxylic acids is 3. The minimum absolute atomic E-state index is 0.00817. The topological polar surface area (TPSA) is 78.9 Å². The maximum absolute atomic E-state index is 14.4. The molecule has 7 aliphatic rings. The predicted octanol–water partition coefficient (Wildman–Crippen LogP) is 11.9. The maximum atomic E-state index is 14.4. The lowest BCUT2D eigenvalue weighted by atomic mass is 9.32. The van der Waals surface area contributed by atoms with E-state index < -0.39 is 22.8 Å². The van der Waals surface area contributed by atoms with Crippen LogP contribution in [0.1, 0.15) is 152 Å². The van der Waals surface area contributed by atoms with E-state index in [0.717, 1.165) is 44.1 Å². The molecule has 5 saturated carbocycles. The first-order valence-electron chi connectivity index (χ1n) is 22.9. The molecule has 7 aliphatic carbocycles. The SMILES string of the molecule is C=C(C)[C@@H]1CC[C@]2(C(=O)OCc3ccccc3)CC[C@]3(C)C(CC[C@@H]4[C@@]5(C)CC=C(C6=CC7(C6)CC(C(=O)OC(C)C)(C(=O)OC(C)C)C7)C(C)(C)[C@@H]5CC[C@]43C)[C@@H]12. The fourth-order valence-electron chi connectivity index (χ4n) is 15.8. The Bertz CT molecular complexity index is 1890. The van der Waals surface area contributed by atoms with E-state index in [-0.39, 0.29) is 51.2 Å². The second-order valence-corrected chi connectivity index (χ2v) is 22.5. The first-order valence-corrected chi connectivity index (χ1v) is 22.9. The first kappa shape index (κ1) is 41.6. The highest BCUT2D eigenvalue weighted by Crippen LogP contribution is 2.78. The van der Waals surface area contributed by atoms with Crippen molar-refractivity contribution in [3.63, 3.8) is 0 Å². The molecule has 1 aromatic carbocycles. The Morgan fingerprint density at radius 2 is 1.41 bits per heavy atom. The van der Waals surface area contributed by atoms with E-state index in [0.29, 0.717) is 43.1 Å². The van der Waals surface area contributed by atoms with E-state index in [9.17, 15) is 14.4 Å². The minimum atomic E-state index is -1.21. The van der Waals surface area contributed by atoms with Crippen molar-refractivity contribution in [2.24, 2.45) is 67.5 Å². The zero-order valence-electron chi connectivity index (χ0n) is 37.4. The Kier molecular flexibility index (Phi) is 10.00. The first-order chi connectivity index (χ1) is 27.2. The summed E-state index contributed by atoms with van der Waals surface area (Å²) in [7, 11) is 0. The van der Waals surface area contributed by atoms with E-state index in [1.807, 2.05) is 45.9 Å². The zero-order valence-corrected chi connectivity index (χ0v) is 37.4. The van der Waals surface area contributed by atoms with Crippen molar-refractivity contribution in [1.82, 2.24) is 0 Å². The Hall–Kier alpha value is -3.15. The van der Waals surface area contributed by atoms with Gasteiger partial charge in [-0.25, -0.2) is 0 Å². The van der Waals surface area contributed by atoms with Gasteiger partial charge in [-0.15, -0.1) is 0 Å². The van der Waals surface area contributed by atoms with Crippen LogP contribution in [0.25, 0.3) is 0 Å². The Morgan fingerprint density at radius 1 is 0.776 bits per heavy atom. The molecule has 9 atom stereocenters. The number of benzene rings is 1. The molecule has 1 unspecified atom stereocenters. The second kappa shape index (κ2) is 13.9. The molecule has 0 aliphatic heterocycles. The maximum Gasteiger partial charge on any atom is 0.323 e. The molecular formula is C52H72O6. The molecule has 0 amide bonds. The fraction of sp³-hybridized carbons (Fsp3) is 0.712. The Morgan fingerprint density at radius 3 is 2.02 bits per heavy atom. The summed E-state index contributed by atoms with van der Waals surface area (Å²) in [5.41, 5.74) is 3.91. The number of ether oxygens (including phenoxy) is 3. The number of fused-ring (bicyclic) bond motifs is 7. The molecule has 0 N–H and O–H groups in total. The van der Waals surface area contributed by atoms with Crippen LogP contribution in [0.5, 0.6) is 0 Å². The van der Waals surface area contributed by atoms with Gasteiger partial charge in [0, 0.05) is 0 Å². The van der Waals surface area contributed by atoms with Gasteiger partial charge in [0.2, 0.25) is 0 Å². The monoisotopic (exact) mass is 793 g/mol. The molecule has 58 heavy (non-hydrogen) atoms. The molecule has 0 radical (unpaired) electrons. The average molecular weight is 793 g/mol. The number of allylic oxidation sites excluding steroid dienone is 5. The molecule has 0 aromatic heterocycles. The normalized spacial score (nSPS) is 38.7. The summed E-state index contributed by atoms with van der Waals surface area (Å²) >= 11 is 0. The van der Waals surface area contributed by atoms with Crippen LogP contribution in [0.15, 0.2) is 65.8 Å². The van der Waals surface area contributed by atoms with Crippen LogP contribution in [0.4, 0.5) is 0 Å². The van der Waals surface area contributed by atoms with E-state index in [2.05, 4.69) is 72.4 Å². The van der Waals surface area contributed by atoms with Crippen LogP contribution in [-0.2, 0) is 35.2 Å². The van der Waals surface area contributed by atoms with Gasteiger partial charge in [0.15, 0.2) is 5.41 Å². The van der Waals surface area contributed by atoms with Crippen molar-refractivity contribution in [3.05, 3.63) is 71.3 Å². The second-order valence-electron chi connectivity index (χ2n) is 22.5. The van der Waals surface area contributed by atoms with Crippen LogP contribution < -0.4 is 0 Å². The van der Waals surface area contributed by atoms with Gasteiger partial charge in [-0.3, -0.25) is 14.4 Å². The van der Waals surface area contributed by atoms with Crippen molar-refractivity contribution in [2.75, 3.05) is 0 Å². The lowest BCUT2D eigenvalue weighted by Crippen LogP contribution is -2.66. The number of hydrogen-bond acceptors (Lipinski definition) is 6. The third-order valence-corrected chi connectivity index (χ3v) is 18.4. The van der Waals surface area contributed by atoms with Crippen molar-refractivity contribution in [2.45, 2.75) is 165 Å². The summed E-state index contributed by atoms with van der Waals surface area (Å²) in [6, 6.07) is 10.1. The van der Waals surface area contributed by atoms with Gasteiger partial charge < -0.3 is 14.2 Å². The molecule has 5 fully saturated rings. The van der Waals surface area contributed by atoms with Crippen LogP contribution in [0.3, 0.4) is 0 Å². The third-order valence-electron chi connectivity index (χ3n) is 18.4. The van der Waals surface area contributed by atoms with Gasteiger partial charge in [-0.05, 0) is 185 Å². The summed E-state index contributed by atoms with van der Waals surface area (Å²) in [5, 5.41) is 0. The standard InChI is InChI=1S/C52H72O6/c1-32(2)37-19-24-51(43(53)56-29-35-15-13-12-14-16-35)26-25-48(10)39(42(37)51)17-18-41-47(9)22-20-38(46(7,8)40(47)21-23-49(41,48)11)36-27-50(28-36)30-52(31-50,44(54)57-33(3)4)45(55)58-34(5)6/h12-16,20,27,33-34,37,39-42H,1,17-19,21-26,28-31H2,2-11H3/t37-,39?,40-,41+,42+,47-,48+,49+,51-/m0/s1. The van der Waals surface area contributed by atoms with E-state index in [1.165, 1.54) is 42.4 Å². The number of hydrogen-bond donors (Lipinski definition) is 0. The van der Waals surface area contributed by atoms with Crippen LogP contribution in [0.2, 0.25) is 0 Å². The van der Waals surface area contributed by atoms with Crippen molar-refractivity contribution >= 4 is 17.9 Å². The highest BCUT2D eigenvalue weighted by Gasteiger charge is 2.73. The molecule has 0 saturated heterocycles. The predicted molar refractivity (Wildman–Crippen MR) is 228 cm³/mol. The van der Waals surface area contributed by atoms with E-state index >= 15 is 0 Å². The number of esters is 3. The smallest absolute Gasteiger partial charge is 0.323 e. The summed E-state index contributed by atoms with van der Waals surface area (Å²) in [4.78, 5) is 41.2. The van der Waals surface area contributed by atoms with Crippen molar-refractivity contribution in [3.8, 4) is 0 Å². The van der Waals surface area contributed by atoms with Crippen molar-refractivity contribution < 1.29 is 28.6 Å². The number of rotatable bonds is 9. The van der Waals surface area contributed by atoms with E-state index in [1.54, 1.807) is 0 Å². The molecule has 316 valence electrons. The summed E-state index contributed by atoms with van der Waals surface area (Å²) in [6.07, 6.45) is 16.1. The average Bonchev–Trinajstić information content (AvgIpc) is 3.52. The third kappa shape index (κ3) is 5.93. The zero-order chi connectivity index (χ0) is 41.8. The fourth-order valence-corrected chi connectivity index (χ4v) is 15.8. The molecule has 6 heteroatoms. The largest absolute Gasteiger partial charge is 0.462 e. The van der Waals surface area contributed by atoms with Gasteiger partial charge in [-0.1, -0.05) is 89.3 Å². The Labute approximate surface area is 349 Å². The van der Waals surface area contributed by atoms with Crippen LogP contribution in [-0.4, -0.2) is 30.1 Å². The van der Waals surface area contributed by atoms with Gasteiger partial charge >= 0.3 is 17.9 Å². The summed E-state index contributed by atoms with van der Waals surface area (Å²) in [5.74, 6) is 1.45. The van der Waals surface area contributed by atoms with Gasteiger partial charge in [-0.2, -0.15) is 0 Å². The summed E-state index contributed by atoms with van der Waals surface area (Å²) < 4.78 is 17.5. The van der Waals surface area contributed by atoms with Gasteiger partial charge in [0.05, 0.1) is 17.6 Å². The molecule has 1 aromatic rings. The van der Waals surface area contributed by atoms with Crippen LogP contribution in [0, 0.1) is 67.5 Å². The summed E-state index contributed by atoms with van der Waals surface area (Å²) in [6.45, 7) is 27.4. The quantitative estimate of drug-likeness (QED) is 0.107. The van der Waals surface area contributed by atoms with Crippen LogP contribution >= 0.6 is 0 Å². The van der Waals surface area contributed by atoms with E-state index in [4.69, 9.17) is 14.2 Å². The van der Waals surface area contributed by atoms with Crippen molar-refractivity contribution in [1.29, 1.82) is 0 Å².